The van der Waals surface area contributed by atoms with Crippen molar-refractivity contribution < 1.29 is 14.1 Å². The summed E-state index contributed by atoms with van der Waals surface area (Å²) in [5, 5.41) is 6.04. The van der Waals surface area contributed by atoms with Crippen molar-refractivity contribution in [1.29, 1.82) is 0 Å². The van der Waals surface area contributed by atoms with E-state index in [4.69, 9.17) is 9.26 Å². The second-order valence-electron chi connectivity index (χ2n) is 6.89. The summed E-state index contributed by atoms with van der Waals surface area (Å²) in [6, 6.07) is 3.97. The van der Waals surface area contributed by atoms with E-state index in [9.17, 15) is 4.79 Å². The smallest absolute Gasteiger partial charge is 0.409 e. The number of aryl methyl sites for hydroxylation is 1. The Hall–Kier alpha value is -1.93. The van der Waals surface area contributed by atoms with Crippen LogP contribution in [0.15, 0.2) is 22.0 Å². The van der Waals surface area contributed by atoms with Gasteiger partial charge in [-0.2, -0.15) is 4.98 Å². The summed E-state index contributed by atoms with van der Waals surface area (Å²) in [5.41, 5.74) is 0. The van der Waals surface area contributed by atoms with Crippen molar-refractivity contribution in [1.82, 2.24) is 19.9 Å². The largest absolute Gasteiger partial charge is 0.449 e. The quantitative estimate of drug-likeness (QED) is 0.737. The van der Waals surface area contributed by atoms with Crippen LogP contribution in [0, 0.1) is 5.92 Å². The first kappa shape index (κ1) is 18.8. The Balaban J connectivity index is 1.35. The molecule has 2 aromatic rings. The molecule has 3 rings (SSSR count). The fourth-order valence-electron chi connectivity index (χ4n) is 2.80. The van der Waals surface area contributed by atoms with E-state index >= 15 is 0 Å². The van der Waals surface area contributed by atoms with Crippen LogP contribution < -0.4 is 0 Å². The molecule has 0 unspecified atom stereocenters. The van der Waals surface area contributed by atoms with Crippen LogP contribution in [0.25, 0.3) is 10.7 Å². The molecule has 1 saturated heterocycles. The minimum absolute atomic E-state index is 0.190. The van der Waals surface area contributed by atoms with Crippen LogP contribution in [0.1, 0.15) is 26.2 Å². The molecule has 0 radical (unpaired) electrons. The molecule has 1 amide bonds. The van der Waals surface area contributed by atoms with E-state index in [1.54, 1.807) is 16.2 Å². The van der Waals surface area contributed by atoms with Gasteiger partial charge in [-0.3, -0.25) is 4.90 Å². The summed E-state index contributed by atoms with van der Waals surface area (Å²) < 4.78 is 10.6. The van der Waals surface area contributed by atoms with Crippen molar-refractivity contribution >= 4 is 17.4 Å². The van der Waals surface area contributed by atoms with E-state index in [1.807, 2.05) is 31.4 Å². The molecule has 1 aliphatic rings. The van der Waals surface area contributed by atoms with E-state index in [2.05, 4.69) is 15.0 Å². The van der Waals surface area contributed by atoms with Gasteiger partial charge in [0, 0.05) is 32.6 Å². The maximum atomic E-state index is 12.0. The van der Waals surface area contributed by atoms with Crippen LogP contribution in [0.4, 0.5) is 4.79 Å². The molecule has 2 aromatic heterocycles. The minimum Gasteiger partial charge on any atom is -0.449 e. The number of nitrogens with zero attached hydrogens (tertiary/aromatic N) is 4. The number of hydrogen-bond donors (Lipinski definition) is 0. The van der Waals surface area contributed by atoms with Crippen molar-refractivity contribution in [2.24, 2.45) is 5.92 Å². The lowest BCUT2D eigenvalue weighted by Gasteiger charge is -2.34. The molecule has 3 heterocycles. The number of thiophene rings is 1. The Labute approximate surface area is 157 Å². The fraction of sp³-hybridized carbons (Fsp3) is 0.611. The van der Waals surface area contributed by atoms with Crippen molar-refractivity contribution in [3.05, 3.63) is 23.4 Å². The molecule has 1 aliphatic heterocycles. The van der Waals surface area contributed by atoms with Crippen molar-refractivity contribution in [2.45, 2.75) is 26.7 Å². The first-order valence-electron chi connectivity index (χ1n) is 9.12. The number of rotatable bonds is 7. The second kappa shape index (κ2) is 9.14. The van der Waals surface area contributed by atoms with E-state index in [1.165, 1.54) is 0 Å². The molecule has 0 N–H and O–H groups in total. The molecule has 0 aliphatic carbocycles. The van der Waals surface area contributed by atoms with Crippen molar-refractivity contribution in [3.8, 4) is 10.7 Å². The predicted octanol–water partition coefficient (Wildman–Crippen LogP) is 3.14. The third-order valence-corrected chi connectivity index (χ3v) is 5.11. The van der Waals surface area contributed by atoms with Crippen LogP contribution in [0.2, 0.25) is 0 Å². The fourth-order valence-corrected chi connectivity index (χ4v) is 3.45. The zero-order valence-corrected chi connectivity index (χ0v) is 16.2. The number of ether oxygens (including phenoxy) is 1. The number of carbonyl (C=O) groups is 1. The van der Waals surface area contributed by atoms with E-state index in [0.29, 0.717) is 24.2 Å². The molecule has 1 fully saturated rings. The monoisotopic (exact) mass is 378 g/mol. The molecule has 0 saturated carbocycles. The predicted molar refractivity (Wildman–Crippen MR) is 100 cm³/mol. The van der Waals surface area contributed by atoms with Gasteiger partial charge in [-0.05, 0) is 30.3 Å². The summed E-state index contributed by atoms with van der Waals surface area (Å²) in [6.07, 6.45) is 1.55. The second-order valence-corrected chi connectivity index (χ2v) is 7.84. The van der Waals surface area contributed by atoms with Gasteiger partial charge >= 0.3 is 6.09 Å². The summed E-state index contributed by atoms with van der Waals surface area (Å²) >= 11 is 1.61. The highest BCUT2D eigenvalue weighted by Crippen LogP contribution is 2.21. The van der Waals surface area contributed by atoms with E-state index in [-0.39, 0.29) is 6.09 Å². The highest BCUT2D eigenvalue weighted by Gasteiger charge is 2.22. The Kier molecular flexibility index (Phi) is 6.62. The summed E-state index contributed by atoms with van der Waals surface area (Å²) in [6.45, 7) is 8.72. The summed E-state index contributed by atoms with van der Waals surface area (Å²) in [4.78, 5) is 21.6. The van der Waals surface area contributed by atoms with Gasteiger partial charge in [0.05, 0.1) is 11.5 Å². The Morgan fingerprint density at radius 3 is 2.85 bits per heavy atom. The number of amides is 1. The molecule has 8 heteroatoms. The normalized spacial score (nSPS) is 15.6. The number of hydrogen-bond acceptors (Lipinski definition) is 7. The molecule has 0 atom stereocenters. The molecule has 0 spiro atoms. The molecular formula is C18H26N4O3S. The third-order valence-electron chi connectivity index (χ3n) is 4.25. The maximum absolute atomic E-state index is 12.0. The molecular weight excluding hydrogens is 352 g/mol. The topological polar surface area (TPSA) is 71.7 Å². The summed E-state index contributed by atoms with van der Waals surface area (Å²) in [5.74, 6) is 1.72. The van der Waals surface area contributed by atoms with Gasteiger partial charge in [-0.25, -0.2) is 4.79 Å². The Morgan fingerprint density at radius 1 is 1.35 bits per heavy atom. The number of piperazine rings is 1. The van der Waals surface area contributed by atoms with Gasteiger partial charge in [-0.1, -0.05) is 25.1 Å². The van der Waals surface area contributed by atoms with Gasteiger partial charge in [0.1, 0.15) is 0 Å². The zero-order valence-electron chi connectivity index (χ0n) is 15.4. The zero-order chi connectivity index (χ0) is 18.4. The standard InChI is InChI=1S/C18H26N4O3S/c1-14(2)13-24-18(23)22-10-8-21(9-11-22)7-3-6-16-19-17(20-25-16)15-5-4-12-26-15/h4-5,12,14H,3,6-11,13H2,1-2H3. The molecule has 142 valence electrons. The van der Waals surface area contributed by atoms with Crippen LogP contribution >= 0.6 is 11.3 Å². The SMILES string of the molecule is CC(C)COC(=O)N1CCN(CCCc2nc(-c3cccs3)no2)CC1. The number of aromatic nitrogens is 2. The average Bonchev–Trinajstić information content (AvgIpc) is 3.31. The van der Waals surface area contributed by atoms with Gasteiger partial charge in [0.2, 0.25) is 11.7 Å². The van der Waals surface area contributed by atoms with Gasteiger partial charge < -0.3 is 14.2 Å². The summed E-state index contributed by atoms with van der Waals surface area (Å²) in [7, 11) is 0. The third kappa shape index (κ3) is 5.28. The van der Waals surface area contributed by atoms with E-state index in [0.717, 1.165) is 50.4 Å². The minimum atomic E-state index is -0.190. The number of carbonyl (C=O) groups excluding carboxylic acids is 1. The highest BCUT2D eigenvalue weighted by molar-refractivity contribution is 7.13. The van der Waals surface area contributed by atoms with E-state index < -0.39 is 0 Å². The van der Waals surface area contributed by atoms with Gasteiger partial charge in [-0.15, -0.1) is 11.3 Å². The Bertz CT molecular complexity index is 678. The van der Waals surface area contributed by atoms with Crippen LogP contribution in [0.5, 0.6) is 0 Å². The van der Waals surface area contributed by atoms with Crippen LogP contribution in [0.3, 0.4) is 0 Å². The Morgan fingerprint density at radius 2 is 2.15 bits per heavy atom. The van der Waals surface area contributed by atoms with Gasteiger partial charge in [0.25, 0.3) is 0 Å². The lowest BCUT2D eigenvalue weighted by molar-refractivity contribution is 0.0688. The van der Waals surface area contributed by atoms with Crippen LogP contribution in [-0.4, -0.2) is 65.4 Å². The molecule has 0 aromatic carbocycles. The average molecular weight is 378 g/mol. The molecule has 0 bridgehead atoms. The maximum Gasteiger partial charge on any atom is 0.409 e. The lowest BCUT2D eigenvalue weighted by atomic mass is 10.2. The lowest BCUT2D eigenvalue weighted by Crippen LogP contribution is -2.49. The van der Waals surface area contributed by atoms with Crippen molar-refractivity contribution in [3.63, 3.8) is 0 Å². The first-order chi connectivity index (χ1) is 12.6. The van der Waals surface area contributed by atoms with Crippen LogP contribution in [-0.2, 0) is 11.2 Å². The first-order valence-corrected chi connectivity index (χ1v) is 10.0. The molecule has 26 heavy (non-hydrogen) atoms. The van der Waals surface area contributed by atoms with Gasteiger partial charge in [0.15, 0.2) is 0 Å². The highest BCUT2D eigenvalue weighted by atomic mass is 32.1. The van der Waals surface area contributed by atoms with Crippen molar-refractivity contribution in [2.75, 3.05) is 39.3 Å². The molecule has 7 nitrogen and oxygen atoms in total.